The van der Waals surface area contributed by atoms with Crippen molar-refractivity contribution in [3.05, 3.63) is 93.6 Å². The summed E-state index contributed by atoms with van der Waals surface area (Å²) in [7, 11) is 0. The van der Waals surface area contributed by atoms with E-state index in [-0.39, 0.29) is 11.3 Å². The molecule has 3 aromatic carbocycles. The molecule has 1 heterocycles. The first-order valence-electron chi connectivity index (χ1n) is 10.0. The second-order valence-corrected chi connectivity index (χ2v) is 8.01. The van der Waals surface area contributed by atoms with Crippen LogP contribution in [0.25, 0.3) is 5.57 Å². The summed E-state index contributed by atoms with van der Waals surface area (Å²) < 4.78 is 5.50. The summed E-state index contributed by atoms with van der Waals surface area (Å²) in [5.41, 5.74) is 2.91. The first-order valence-corrected chi connectivity index (χ1v) is 10.8. The normalized spacial score (nSPS) is 13.7. The van der Waals surface area contributed by atoms with Crippen LogP contribution in [0.3, 0.4) is 0 Å². The monoisotopic (exact) mass is 466 g/mol. The Morgan fingerprint density at radius 2 is 1.59 bits per heavy atom. The first-order chi connectivity index (χ1) is 15.4. The van der Waals surface area contributed by atoms with Crippen molar-refractivity contribution in [3.63, 3.8) is 0 Å². The van der Waals surface area contributed by atoms with E-state index in [2.05, 4.69) is 5.32 Å². The van der Waals surface area contributed by atoms with E-state index in [9.17, 15) is 9.59 Å². The zero-order valence-electron chi connectivity index (χ0n) is 17.5. The summed E-state index contributed by atoms with van der Waals surface area (Å²) in [4.78, 5) is 28.1. The minimum atomic E-state index is -0.458. The molecule has 1 aliphatic rings. The summed E-state index contributed by atoms with van der Waals surface area (Å²) in [5, 5.41) is 4.23. The van der Waals surface area contributed by atoms with Crippen molar-refractivity contribution in [2.45, 2.75) is 13.8 Å². The molecule has 7 heteroatoms. The Morgan fingerprint density at radius 3 is 2.25 bits per heavy atom. The lowest BCUT2D eigenvalue weighted by atomic mass is 10.0. The number of hydrogen-bond donors (Lipinski definition) is 1. The van der Waals surface area contributed by atoms with Gasteiger partial charge in [-0.1, -0.05) is 41.4 Å². The quantitative estimate of drug-likeness (QED) is 0.446. The lowest BCUT2D eigenvalue weighted by molar-refractivity contribution is -0.120. The van der Waals surface area contributed by atoms with E-state index in [1.807, 2.05) is 19.9 Å². The van der Waals surface area contributed by atoms with E-state index in [4.69, 9.17) is 27.9 Å². The topological polar surface area (TPSA) is 58.6 Å². The van der Waals surface area contributed by atoms with E-state index >= 15 is 0 Å². The Kier molecular flexibility index (Phi) is 6.21. The van der Waals surface area contributed by atoms with Gasteiger partial charge in [-0.3, -0.25) is 9.59 Å². The fourth-order valence-corrected chi connectivity index (χ4v) is 3.80. The first kappa shape index (κ1) is 21.9. The molecule has 0 atom stereocenters. The van der Waals surface area contributed by atoms with Crippen LogP contribution in [0.4, 0.5) is 11.4 Å². The van der Waals surface area contributed by atoms with Gasteiger partial charge in [0.05, 0.1) is 17.9 Å². The van der Waals surface area contributed by atoms with Gasteiger partial charge in [-0.25, -0.2) is 4.90 Å². The van der Waals surface area contributed by atoms with Crippen molar-refractivity contribution in [3.8, 4) is 5.75 Å². The van der Waals surface area contributed by atoms with Crippen molar-refractivity contribution >= 4 is 52.0 Å². The lowest BCUT2D eigenvalue weighted by Crippen LogP contribution is -2.32. The standard InChI is InChI=1S/C25H20Cl2N2O3/c1-3-32-19-13-7-16(8-14-19)22-23(28-21-6-4-5-20(27)15(21)2)25(31)29(24(22)30)18-11-9-17(26)10-12-18/h4-14,28H,3H2,1-2H3. The Labute approximate surface area is 196 Å². The van der Waals surface area contributed by atoms with Gasteiger partial charge in [0.15, 0.2) is 0 Å². The van der Waals surface area contributed by atoms with Crippen molar-refractivity contribution < 1.29 is 14.3 Å². The highest BCUT2D eigenvalue weighted by atomic mass is 35.5. The number of benzene rings is 3. The number of carbonyl (C=O) groups is 2. The van der Waals surface area contributed by atoms with E-state index in [0.717, 1.165) is 10.5 Å². The predicted octanol–water partition coefficient (Wildman–Crippen LogP) is 6.10. The number of hydrogen-bond acceptors (Lipinski definition) is 4. The van der Waals surface area contributed by atoms with Crippen molar-refractivity contribution in [1.29, 1.82) is 0 Å². The zero-order chi connectivity index (χ0) is 22.8. The SMILES string of the molecule is CCOc1ccc(C2=C(Nc3cccc(Cl)c3C)C(=O)N(c3ccc(Cl)cc3)C2=O)cc1. The third-order valence-corrected chi connectivity index (χ3v) is 5.81. The van der Waals surface area contributed by atoms with E-state index < -0.39 is 11.8 Å². The van der Waals surface area contributed by atoms with Gasteiger partial charge in [0, 0.05) is 15.7 Å². The molecule has 2 amide bonds. The number of carbonyl (C=O) groups excluding carboxylic acids is 2. The van der Waals surface area contributed by atoms with Crippen LogP contribution in [0.1, 0.15) is 18.1 Å². The molecule has 0 radical (unpaired) electrons. The minimum Gasteiger partial charge on any atom is -0.494 e. The fraction of sp³-hybridized carbons (Fsp3) is 0.120. The van der Waals surface area contributed by atoms with Gasteiger partial charge in [-0.15, -0.1) is 0 Å². The highest BCUT2D eigenvalue weighted by Gasteiger charge is 2.40. The average molecular weight is 467 g/mol. The molecule has 1 N–H and O–H groups in total. The summed E-state index contributed by atoms with van der Waals surface area (Å²) in [5.74, 6) is -0.201. The molecule has 0 bridgehead atoms. The van der Waals surface area contributed by atoms with Crippen LogP contribution < -0.4 is 15.0 Å². The maximum absolute atomic E-state index is 13.5. The molecule has 4 rings (SSSR count). The molecule has 0 aliphatic carbocycles. The number of amides is 2. The highest BCUT2D eigenvalue weighted by molar-refractivity contribution is 6.46. The summed E-state index contributed by atoms with van der Waals surface area (Å²) >= 11 is 12.2. The zero-order valence-corrected chi connectivity index (χ0v) is 19.0. The number of rotatable bonds is 6. The highest BCUT2D eigenvalue weighted by Crippen LogP contribution is 2.36. The molecular weight excluding hydrogens is 447 g/mol. The number of ether oxygens (including phenoxy) is 1. The Morgan fingerprint density at radius 1 is 0.906 bits per heavy atom. The van der Waals surface area contributed by atoms with Crippen LogP contribution in [0.2, 0.25) is 10.0 Å². The molecule has 0 spiro atoms. The van der Waals surface area contributed by atoms with Gasteiger partial charge in [0.1, 0.15) is 11.4 Å². The average Bonchev–Trinajstić information content (AvgIpc) is 3.02. The Hall–Kier alpha value is -3.28. The molecule has 5 nitrogen and oxygen atoms in total. The fourth-order valence-electron chi connectivity index (χ4n) is 3.50. The second-order valence-electron chi connectivity index (χ2n) is 7.17. The van der Waals surface area contributed by atoms with Gasteiger partial charge in [-0.2, -0.15) is 0 Å². The summed E-state index contributed by atoms with van der Waals surface area (Å²) in [6.07, 6.45) is 0. The summed E-state index contributed by atoms with van der Waals surface area (Å²) in [6.45, 7) is 4.28. The number of halogens is 2. The third-order valence-electron chi connectivity index (χ3n) is 5.15. The number of anilines is 2. The second kappa shape index (κ2) is 9.07. The largest absolute Gasteiger partial charge is 0.494 e. The van der Waals surface area contributed by atoms with Crippen molar-refractivity contribution in [1.82, 2.24) is 0 Å². The molecular formula is C25H20Cl2N2O3. The van der Waals surface area contributed by atoms with Crippen molar-refractivity contribution in [2.75, 3.05) is 16.8 Å². The van der Waals surface area contributed by atoms with Crippen LogP contribution in [-0.4, -0.2) is 18.4 Å². The van der Waals surface area contributed by atoms with Crippen LogP contribution in [-0.2, 0) is 9.59 Å². The Bertz CT molecular complexity index is 1220. The van der Waals surface area contributed by atoms with Crippen LogP contribution >= 0.6 is 23.2 Å². The number of imide groups is 1. The van der Waals surface area contributed by atoms with Crippen molar-refractivity contribution in [2.24, 2.45) is 0 Å². The maximum atomic E-state index is 13.5. The third kappa shape index (κ3) is 4.09. The molecule has 32 heavy (non-hydrogen) atoms. The van der Waals surface area contributed by atoms with E-state index in [1.54, 1.807) is 60.7 Å². The molecule has 1 aliphatic heterocycles. The van der Waals surface area contributed by atoms with Gasteiger partial charge in [0.25, 0.3) is 11.8 Å². The van der Waals surface area contributed by atoms with Crippen LogP contribution in [0.15, 0.2) is 72.4 Å². The minimum absolute atomic E-state index is 0.180. The molecule has 0 saturated heterocycles. The molecule has 3 aromatic rings. The molecule has 0 aromatic heterocycles. The van der Waals surface area contributed by atoms with Gasteiger partial charge in [0.2, 0.25) is 0 Å². The van der Waals surface area contributed by atoms with Gasteiger partial charge >= 0.3 is 0 Å². The smallest absolute Gasteiger partial charge is 0.282 e. The molecule has 162 valence electrons. The molecule has 0 unspecified atom stereocenters. The molecule has 0 saturated carbocycles. The van der Waals surface area contributed by atoms with Gasteiger partial charge < -0.3 is 10.1 Å². The van der Waals surface area contributed by atoms with Gasteiger partial charge in [-0.05, 0) is 73.5 Å². The molecule has 0 fully saturated rings. The van der Waals surface area contributed by atoms with E-state index in [0.29, 0.717) is 39.3 Å². The maximum Gasteiger partial charge on any atom is 0.282 e. The van der Waals surface area contributed by atoms with Crippen LogP contribution in [0, 0.1) is 6.92 Å². The number of nitrogens with zero attached hydrogens (tertiary/aromatic N) is 1. The Balaban J connectivity index is 1.81. The summed E-state index contributed by atoms with van der Waals surface area (Å²) in [6, 6.07) is 19.0. The number of nitrogens with one attached hydrogen (secondary N) is 1. The lowest BCUT2D eigenvalue weighted by Gasteiger charge is -2.16. The van der Waals surface area contributed by atoms with E-state index in [1.165, 1.54) is 0 Å². The predicted molar refractivity (Wildman–Crippen MR) is 128 cm³/mol. The van der Waals surface area contributed by atoms with Crippen LogP contribution in [0.5, 0.6) is 5.75 Å².